The highest BCUT2D eigenvalue weighted by Crippen LogP contribution is 2.23. The largest absolute Gasteiger partial charge is 0.497 e. The first-order valence-corrected chi connectivity index (χ1v) is 15.1. The molecule has 248 valence electrons. The van der Waals surface area contributed by atoms with Gasteiger partial charge in [-0.25, -0.2) is 10.9 Å². The SMILES string of the molecule is COc1ccc(C(=O)N/N=C(/C)c2ccc(O[C@H]3OCCO[C@H]3Oc3ccc(/C(C)=N/NC(=O)c4ccc(OC)cc4)cc3)cc2)cc1. The van der Waals surface area contributed by atoms with Crippen LogP contribution in [0.3, 0.4) is 0 Å². The van der Waals surface area contributed by atoms with Crippen molar-refractivity contribution in [3.63, 3.8) is 0 Å². The molecule has 0 spiro atoms. The highest BCUT2D eigenvalue weighted by atomic mass is 16.8. The minimum atomic E-state index is -0.820. The minimum absolute atomic E-state index is 0.329. The van der Waals surface area contributed by atoms with Crippen LogP contribution in [0.1, 0.15) is 45.7 Å². The van der Waals surface area contributed by atoms with E-state index in [0.717, 1.165) is 11.1 Å². The summed E-state index contributed by atoms with van der Waals surface area (Å²) in [6, 6.07) is 27.9. The van der Waals surface area contributed by atoms with Crippen LogP contribution in [-0.2, 0) is 9.47 Å². The minimum Gasteiger partial charge on any atom is -0.497 e. The fraction of sp³-hybridized carbons (Fsp3) is 0.222. The summed E-state index contributed by atoms with van der Waals surface area (Å²) >= 11 is 0. The summed E-state index contributed by atoms with van der Waals surface area (Å²) in [6.07, 6.45) is -1.64. The second kappa shape index (κ2) is 16.2. The molecule has 1 aliphatic heterocycles. The molecule has 1 saturated heterocycles. The second-order valence-electron chi connectivity index (χ2n) is 10.5. The Morgan fingerprint density at radius 1 is 0.542 bits per heavy atom. The van der Waals surface area contributed by atoms with Gasteiger partial charge in [0.25, 0.3) is 24.4 Å². The molecule has 12 heteroatoms. The Bertz CT molecular complexity index is 1610. The fourth-order valence-corrected chi connectivity index (χ4v) is 4.49. The predicted octanol–water partition coefficient (Wildman–Crippen LogP) is 5.17. The molecule has 48 heavy (non-hydrogen) atoms. The van der Waals surface area contributed by atoms with Gasteiger partial charge in [-0.15, -0.1) is 0 Å². The van der Waals surface area contributed by atoms with E-state index in [1.807, 2.05) is 24.3 Å². The molecule has 2 amide bonds. The van der Waals surface area contributed by atoms with Gasteiger partial charge in [-0.3, -0.25) is 9.59 Å². The first-order valence-electron chi connectivity index (χ1n) is 15.1. The van der Waals surface area contributed by atoms with Gasteiger partial charge in [0, 0.05) is 11.1 Å². The van der Waals surface area contributed by atoms with Gasteiger partial charge in [0.2, 0.25) is 0 Å². The summed E-state index contributed by atoms with van der Waals surface area (Å²) in [5.41, 5.74) is 8.90. The molecule has 1 aliphatic rings. The number of nitrogens with one attached hydrogen (secondary N) is 2. The maximum absolute atomic E-state index is 12.4. The van der Waals surface area contributed by atoms with Crippen molar-refractivity contribution in [2.24, 2.45) is 10.2 Å². The fourth-order valence-electron chi connectivity index (χ4n) is 4.49. The van der Waals surface area contributed by atoms with Crippen LogP contribution in [-0.4, -0.2) is 63.3 Å². The van der Waals surface area contributed by atoms with Gasteiger partial charge in [0.1, 0.15) is 23.0 Å². The summed E-state index contributed by atoms with van der Waals surface area (Å²) in [4.78, 5) is 24.9. The van der Waals surface area contributed by atoms with Crippen LogP contribution in [0.4, 0.5) is 0 Å². The maximum Gasteiger partial charge on any atom is 0.271 e. The van der Waals surface area contributed by atoms with E-state index < -0.39 is 12.6 Å². The lowest BCUT2D eigenvalue weighted by atomic mass is 10.1. The zero-order valence-electron chi connectivity index (χ0n) is 27.0. The topological polar surface area (TPSA) is 138 Å². The van der Waals surface area contributed by atoms with Crippen LogP contribution in [0.2, 0.25) is 0 Å². The Hall–Kier alpha value is -5.72. The van der Waals surface area contributed by atoms with E-state index in [1.165, 1.54) is 0 Å². The third-order valence-electron chi connectivity index (χ3n) is 7.27. The molecule has 0 saturated carbocycles. The van der Waals surface area contributed by atoms with Crippen molar-refractivity contribution in [3.05, 3.63) is 119 Å². The van der Waals surface area contributed by atoms with Crippen molar-refractivity contribution >= 4 is 23.2 Å². The number of benzene rings is 4. The summed E-state index contributed by atoms with van der Waals surface area (Å²) in [5.74, 6) is 1.75. The van der Waals surface area contributed by atoms with Crippen LogP contribution in [0.5, 0.6) is 23.0 Å². The number of nitrogens with zero attached hydrogens (tertiary/aromatic N) is 2. The number of amides is 2. The molecule has 1 heterocycles. The smallest absolute Gasteiger partial charge is 0.271 e. The Balaban J connectivity index is 1.14. The molecule has 1 fully saturated rings. The summed E-state index contributed by atoms with van der Waals surface area (Å²) < 4.78 is 34.0. The molecule has 5 rings (SSSR count). The Morgan fingerprint density at radius 3 is 1.19 bits per heavy atom. The number of carbonyl (C=O) groups is 2. The maximum atomic E-state index is 12.4. The number of rotatable bonds is 12. The molecule has 0 radical (unpaired) electrons. The molecule has 4 aromatic carbocycles. The molecule has 4 aromatic rings. The normalized spacial score (nSPS) is 16.4. The van der Waals surface area contributed by atoms with E-state index in [-0.39, 0.29) is 11.8 Å². The van der Waals surface area contributed by atoms with E-state index in [1.54, 1.807) is 101 Å². The summed E-state index contributed by atoms with van der Waals surface area (Å²) in [5, 5.41) is 8.44. The van der Waals surface area contributed by atoms with Gasteiger partial charge in [-0.1, -0.05) is 0 Å². The first-order chi connectivity index (χ1) is 23.3. The Labute approximate surface area is 278 Å². The van der Waals surface area contributed by atoms with E-state index in [2.05, 4.69) is 21.1 Å². The lowest BCUT2D eigenvalue weighted by molar-refractivity contribution is -0.271. The van der Waals surface area contributed by atoms with E-state index in [9.17, 15) is 9.59 Å². The van der Waals surface area contributed by atoms with Crippen LogP contribution in [0.25, 0.3) is 0 Å². The Morgan fingerprint density at radius 2 is 0.854 bits per heavy atom. The lowest BCUT2D eigenvalue weighted by Crippen LogP contribution is -2.45. The molecule has 2 N–H and O–H groups in total. The van der Waals surface area contributed by atoms with Gasteiger partial charge in [0.15, 0.2) is 0 Å². The molecule has 2 atom stereocenters. The predicted molar refractivity (Wildman–Crippen MR) is 179 cm³/mol. The summed E-state index contributed by atoms with van der Waals surface area (Å²) in [7, 11) is 3.13. The van der Waals surface area contributed by atoms with E-state index in [0.29, 0.717) is 58.8 Å². The lowest BCUT2D eigenvalue weighted by Gasteiger charge is -2.31. The van der Waals surface area contributed by atoms with Gasteiger partial charge in [-0.05, 0) is 122 Å². The molecule has 0 aliphatic carbocycles. The first kappa shape index (κ1) is 33.6. The zero-order chi connectivity index (χ0) is 33.9. The van der Waals surface area contributed by atoms with Crippen LogP contribution < -0.4 is 29.8 Å². The molecule has 0 bridgehead atoms. The summed E-state index contributed by atoms with van der Waals surface area (Å²) in [6.45, 7) is 4.28. The van der Waals surface area contributed by atoms with Crippen molar-refractivity contribution in [2.45, 2.75) is 26.4 Å². The molecular weight excluding hydrogens is 616 g/mol. The van der Waals surface area contributed by atoms with Crippen LogP contribution in [0, 0.1) is 0 Å². The van der Waals surface area contributed by atoms with Crippen molar-refractivity contribution in [1.29, 1.82) is 0 Å². The van der Waals surface area contributed by atoms with Crippen LogP contribution >= 0.6 is 0 Å². The molecule has 0 unspecified atom stereocenters. The molecular formula is C36H36N4O8. The average Bonchev–Trinajstić information content (AvgIpc) is 3.14. The third kappa shape index (κ3) is 8.96. The van der Waals surface area contributed by atoms with E-state index >= 15 is 0 Å². The van der Waals surface area contributed by atoms with Crippen molar-refractivity contribution in [2.75, 3.05) is 27.4 Å². The van der Waals surface area contributed by atoms with Crippen molar-refractivity contribution in [1.82, 2.24) is 10.9 Å². The molecule has 0 aromatic heterocycles. The number of hydrazone groups is 2. The zero-order valence-corrected chi connectivity index (χ0v) is 27.0. The molecule has 12 nitrogen and oxygen atoms in total. The van der Waals surface area contributed by atoms with Crippen molar-refractivity contribution in [3.8, 4) is 23.0 Å². The number of hydrogen-bond acceptors (Lipinski definition) is 10. The highest BCUT2D eigenvalue weighted by molar-refractivity contribution is 6.01. The van der Waals surface area contributed by atoms with Gasteiger partial charge in [-0.2, -0.15) is 10.2 Å². The van der Waals surface area contributed by atoms with Gasteiger partial charge in [0.05, 0.1) is 38.9 Å². The number of carbonyl (C=O) groups excluding carboxylic acids is 2. The van der Waals surface area contributed by atoms with Crippen LogP contribution in [0.15, 0.2) is 107 Å². The monoisotopic (exact) mass is 652 g/mol. The third-order valence-corrected chi connectivity index (χ3v) is 7.27. The number of ether oxygens (including phenoxy) is 6. The standard InChI is InChI=1S/C36H36N4O8/c1-23(37-39-33(41)27-9-13-29(43-3)14-10-27)25-5-17-31(18-6-25)47-35-36(46-22-21-45-35)48-32-19-7-26(8-20-32)24(2)38-40-34(42)28-11-15-30(44-4)16-12-28/h5-20,35-36H,21-22H2,1-4H3,(H,39,41)(H,40,42)/b37-23-,38-24+/t35-,36+/m1/s1. The van der Waals surface area contributed by atoms with Gasteiger partial charge < -0.3 is 28.4 Å². The second-order valence-corrected chi connectivity index (χ2v) is 10.5. The highest BCUT2D eigenvalue weighted by Gasteiger charge is 2.31. The number of hydrogen-bond donors (Lipinski definition) is 2. The van der Waals surface area contributed by atoms with E-state index in [4.69, 9.17) is 28.4 Å². The Kier molecular flexibility index (Phi) is 11.4. The number of methoxy groups -OCH3 is 2. The average molecular weight is 653 g/mol. The van der Waals surface area contributed by atoms with Gasteiger partial charge >= 0.3 is 0 Å². The quantitative estimate of drug-likeness (QED) is 0.158. The van der Waals surface area contributed by atoms with Crippen molar-refractivity contribution < 1.29 is 38.0 Å².